The fourth-order valence-corrected chi connectivity index (χ4v) is 1.93. The molecule has 2 aromatic heterocycles. The van der Waals surface area contributed by atoms with Gasteiger partial charge in [-0.05, 0) is 11.6 Å². The molecule has 0 amide bonds. The minimum atomic E-state index is -4.28. The average Bonchev–Trinajstić information content (AvgIpc) is 2.93. The van der Waals surface area contributed by atoms with E-state index in [1.54, 1.807) is 12.4 Å². The molecule has 0 unspecified atom stereocenters. The molecule has 0 spiro atoms. The minimum absolute atomic E-state index is 0.568. The maximum absolute atomic E-state index is 12.2. The lowest BCUT2D eigenvalue weighted by atomic mass is 10.1. The van der Waals surface area contributed by atoms with Crippen LogP contribution < -0.4 is 0 Å². The molecule has 4 nitrogen and oxygen atoms in total. The number of alkyl halides is 3. The summed E-state index contributed by atoms with van der Waals surface area (Å²) in [6.07, 6.45) is 1.86. The molecule has 0 atom stereocenters. The molecule has 1 aliphatic rings. The van der Waals surface area contributed by atoms with Crippen LogP contribution in [0.4, 0.5) is 13.2 Å². The van der Waals surface area contributed by atoms with Crippen LogP contribution in [0.2, 0.25) is 0 Å². The fraction of sp³-hybridized carbons (Fsp3) is 0.250. The lowest BCUT2D eigenvalue weighted by Gasteiger charge is -2.05. The first-order valence-electron chi connectivity index (χ1n) is 5.59. The van der Waals surface area contributed by atoms with Crippen molar-refractivity contribution in [2.45, 2.75) is 19.3 Å². The summed E-state index contributed by atoms with van der Waals surface area (Å²) in [6, 6.07) is 1.83. The Morgan fingerprint density at radius 2 is 2.11 bits per heavy atom. The van der Waals surface area contributed by atoms with Gasteiger partial charge in [-0.1, -0.05) is 0 Å². The molecule has 0 N–H and O–H groups in total. The van der Waals surface area contributed by atoms with Crippen molar-refractivity contribution >= 4 is 6.21 Å². The number of rotatable bonds is 2. The van der Waals surface area contributed by atoms with E-state index in [0.29, 0.717) is 17.8 Å². The normalized spacial score (nSPS) is 13.8. The lowest BCUT2D eigenvalue weighted by Crippen LogP contribution is -2.17. The smallest absolute Gasteiger partial charge is 0.288 e. The zero-order chi connectivity index (χ0) is 13.5. The largest absolute Gasteiger partial charge is 0.408 e. The number of hydrogen-bond donors (Lipinski definition) is 0. The van der Waals surface area contributed by atoms with Gasteiger partial charge in [0.15, 0.2) is 0 Å². The highest BCUT2D eigenvalue weighted by Gasteiger charge is 2.28. The Hall–Kier alpha value is -2.18. The maximum atomic E-state index is 12.2. The lowest BCUT2D eigenvalue weighted by molar-refractivity contribution is -0.142. The van der Waals surface area contributed by atoms with Gasteiger partial charge >= 0.3 is 6.18 Å². The van der Waals surface area contributed by atoms with E-state index in [9.17, 15) is 13.2 Å². The number of halogens is 3. The maximum Gasteiger partial charge on any atom is 0.408 e. The van der Waals surface area contributed by atoms with Crippen molar-refractivity contribution in [1.29, 1.82) is 0 Å². The SMILES string of the molecule is FC(F)(F)Cn1cc(-c2cc3c(cn2)C=NC3)cn1. The molecule has 7 heteroatoms. The summed E-state index contributed by atoms with van der Waals surface area (Å²) in [7, 11) is 0. The fourth-order valence-electron chi connectivity index (χ4n) is 1.93. The number of nitrogens with zero attached hydrogens (tertiary/aromatic N) is 4. The Bertz CT molecular complexity index is 643. The minimum Gasteiger partial charge on any atom is -0.288 e. The van der Waals surface area contributed by atoms with Crippen molar-refractivity contribution in [3.8, 4) is 11.3 Å². The zero-order valence-electron chi connectivity index (χ0n) is 9.72. The third kappa shape index (κ3) is 2.49. The van der Waals surface area contributed by atoms with E-state index in [4.69, 9.17) is 0 Å². The second kappa shape index (κ2) is 4.18. The van der Waals surface area contributed by atoms with E-state index in [2.05, 4.69) is 15.1 Å². The number of aliphatic imine (C=N–C) groups is 1. The van der Waals surface area contributed by atoms with Crippen LogP contribution >= 0.6 is 0 Å². The highest BCUT2D eigenvalue weighted by atomic mass is 19.4. The number of aromatic nitrogens is 3. The van der Waals surface area contributed by atoms with Crippen LogP contribution in [0.3, 0.4) is 0 Å². The summed E-state index contributed by atoms with van der Waals surface area (Å²) in [5, 5.41) is 3.70. The quantitative estimate of drug-likeness (QED) is 0.837. The molecule has 3 rings (SSSR count). The summed E-state index contributed by atoms with van der Waals surface area (Å²) in [6.45, 7) is -0.511. The second-order valence-corrected chi connectivity index (χ2v) is 4.28. The van der Waals surface area contributed by atoms with Gasteiger partial charge in [-0.2, -0.15) is 18.3 Å². The van der Waals surface area contributed by atoms with Crippen molar-refractivity contribution < 1.29 is 13.2 Å². The van der Waals surface area contributed by atoms with Crippen LogP contribution in [0.1, 0.15) is 11.1 Å². The predicted molar refractivity (Wildman–Crippen MR) is 62.8 cm³/mol. The molecule has 0 saturated carbocycles. The molecule has 0 bridgehead atoms. The third-order valence-corrected chi connectivity index (χ3v) is 2.79. The Morgan fingerprint density at radius 1 is 1.26 bits per heavy atom. The van der Waals surface area contributed by atoms with E-state index in [1.807, 2.05) is 6.07 Å². The predicted octanol–water partition coefficient (Wildman–Crippen LogP) is 2.44. The summed E-state index contributed by atoms with van der Waals surface area (Å²) in [4.78, 5) is 8.31. The van der Waals surface area contributed by atoms with Gasteiger partial charge in [0.25, 0.3) is 0 Å². The topological polar surface area (TPSA) is 43.1 Å². The monoisotopic (exact) mass is 266 g/mol. The molecule has 0 aromatic carbocycles. The van der Waals surface area contributed by atoms with Crippen molar-refractivity contribution in [3.63, 3.8) is 0 Å². The van der Waals surface area contributed by atoms with Crippen molar-refractivity contribution in [2.24, 2.45) is 4.99 Å². The van der Waals surface area contributed by atoms with Crippen LogP contribution in [0.15, 0.2) is 29.6 Å². The Labute approximate surface area is 106 Å². The zero-order valence-corrected chi connectivity index (χ0v) is 9.72. The van der Waals surface area contributed by atoms with Gasteiger partial charge in [-0.25, -0.2) is 0 Å². The summed E-state index contributed by atoms with van der Waals surface area (Å²) < 4.78 is 37.6. The van der Waals surface area contributed by atoms with E-state index in [-0.39, 0.29) is 0 Å². The van der Waals surface area contributed by atoms with Crippen molar-refractivity contribution in [2.75, 3.05) is 0 Å². The third-order valence-electron chi connectivity index (χ3n) is 2.79. The summed E-state index contributed by atoms with van der Waals surface area (Å²) in [5.74, 6) is 0. The molecule has 0 radical (unpaired) electrons. The molecule has 98 valence electrons. The van der Waals surface area contributed by atoms with E-state index < -0.39 is 12.7 Å². The standard InChI is InChI=1S/C12H9F3N4/c13-12(14,15)7-19-6-10(5-18-19)11-1-8-2-16-3-9(8)4-17-11/h1,3-6H,2,7H2. The van der Waals surface area contributed by atoms with Gasteiger partial charge in [0.1, 0.15) is 6.54 Å². The Kier molecular flexibility index (Phi) is 2.62. The molecule has 0 saturated heterocycles. The van der Waals surface area contributed by atoms with Gasteiger partial charge in [0.2, 0.25) is 0 Å². The molecule has 2 aromatic rings. The van der Waals surface area contributed by atoms with Gasteiger partial charge in [0.05, 0.1) is 18.4 Å². The number of hydrogen-bond acceptors (Lipinski definition) is 3. The summed E-state index contributed by atoms with van der Waals surface area (Å²) >= 11 is 0. The van der Waals surface area contributed by atoms with Crippen LogP contribution in [-0.4, -0.2) is 27.2 Å². The first-order valence-corrected chi connectivity index (χ1v) is 5.59. The molecule has 3 heterocycles. The highest BCUT2D eigenvalue weighted by molar-refractivity contribution is 5.84. The second-order valence-electron chi connectivity index (χ2n) is 4.28. The molecule has 1 aliphatic heterocycles. The van der Waals surface area contributed by atoms with Gasteiger partial charge in [0, 0.05) is 29.7 Å². The number of fused-ring (bicyclic) bond motifs is 1. The Morgan fingerprint density at radius 3 is 2.89 bits per heavy atom. The van der Waals surface area contributed by atoms with E-state index >= 15 is 0 Å². The molecular formula is C12H9F3N4. The van der Waals surface area contributed by atoms with Gasteiger partial charge in [-0.3, -0.25) is 14.7 Å². The molecule has 19 heavy (non-hydrogen) atoms. The highest BCUT2D eigenvalue weighted by Crippen LogP contribution is 2.23. The van der Waals surface area contributed by atoms with Crippen molar-refractivity contribution in [3.05, 3.63) is 35.8 Å². The van der Waals surface area contributed by atoms with Crippen LogP contribution in [-0.2, 0) is 13.1 Å². The Balaban J connectivity index is 1.87. The van der Waals surface area contributed by atoms with E-state index in [0.717, 1.165) is 15.8 Å². The first-order chi connectivity index (χ1) is 9.01. The van der Waals surface area contributed by atoms with Crippen molar-refractivity contribution in [1.82, 2.24) is 14.8 Å². The molecular weight excluding hydrogens is 257 g/mol. The van der Waals surface area contributed by atoms with E-state index in [1.165, 1.54) is 12.4 Å². The van der Waals surface area contributed by atoms with Crippen LogP contribution in [0.25, 0.3) is 11.3 Å². The average molecular weight is 266 g/mol. The number of pyridine rings is 1. The molecule has 0 aliphatic carbocycles. The van der Waals surface area contributed by atoms with Crippen LogP contribution in [0, 0.1) is 0 Å². The molecule has 0 fully saturated rings. The first kappa shape index (κ1) is 11.9. The summed E-state index contributed by atoms with van der Waals surface area (Å²) in [5.41, 5.74) is 3.15. The van der Waals surface area contributed by atoms with Crippen LogP contribution in [0.5, 0.6) is 0 Å². The van der Waals surface area contributed by atoms with Gasteiger partial charge in [-0.15, -0.1) is 0 Å². The van der Waals surface area contributed by atoms with Gasteiger partial charge < -0.3 is 0 Å².